The number of anilines is 2. The van der Waals surface area contributed by atoms with Gasteiger partial charge in [0, 0.05) is 3.57 Å². The maximum Gasteiger partial charge on any atom is 0.191 e. The van der Waals surface area contributed by atoms with E-state index in [0.29, 0.717) is 0 Å². The number of hydrogen-bond acceptors (Lipinski definition) is 5. The molecule has 0 fully saturated rings. The number of pyridine rings is 1. The summed E-state index contributed by atoms with van der Waals surface area (Å²) in [6, 6.07) is 9.09. The highest BCUT2D eigenvalue weighted by Gasteiger charge is 2.14. The Morgan fingerprint density at radius 2 is 2.19 bits per heavy atom. The monoisotopic (exact) mass is 397 g/mol. The lowest BCUT2D eigenvalue weighted by Gasteiger charge is -2.11. The van der Waals surface area contributed by atoms with Crippen LogP contribution in [0, 0.1) is 20.7 Å². The molecular formula is C14H9FIN3O2. The van der Waals surface area contributed by atoms with Crippen LogP contribution in [0.1, 0.15) is 16.1 Å². The van der Waals surface area contributed by atoms with E-state index in [0.717, 1.165) is 3.57 Å². The van der Waals surface area contributed by atoms with Crippen molar-refractivity contribution in [1.29, 1.82) is 5.26 Å². The molecule has 0 saturated heterocycles. The number of aliphatic hydroxyl groups excluding tert-OH is 1. The van der Waals surface area contributed by atoms with Gasteiger partial charge in [0.2, 0.25) is 0 Å². The predicted octanol–water partition coefficient (Wildman–Crippen LogP) is 2.62. The fourth-order valence-electron chi connectivity index (χ4n) is 1.65. The Hall–Kier alpha value is -2.05. The minimum atomic E-state index is -0.697. The van der Waals surface area contributed by atoms with Crippen LogP contribution in [-0.2, 0) is 0 Å². The van der Waals surface area contributed by atoms with Crippen LogP contribution in [0.25, 0.3) is 0 Å². The normalized spacial score (nSPS) is 10.0. The molecule has 0 radical (unpaired) electrons. The molecule has 0 aliphatic rings. The maximum absolute atomic E-state index is 13.8. The number of nitrogens with zero attached hydrogens (tertiary/aromatic N) is 2. The van der Waals surface area contributed by atoms with E-state index in [1.54, 1.807) is 6.07 Å². The van der Waals surface area contributed by atoms with Crippen molar-refractivity contribution in [2.45, 2.75) is 0 Å². The van der Waals surface area contributed by atoms with E-state index < -0.39 is 18.2 Å². The second-order valence-corrected chi connectivity index (χ2v) is 5.28. The number of aromatic nitrogens is 1. The van der Waals surface area contributed by atoms with Crippen molar-refractivity contribution in [3.8, 4) is 6.07 Å². The number of hydrogen-bond donors (Lipinski definition) is 2. The van der Waals surface area contributed by atoms with E-state index in [1.165, 1.54) is 24.3 Å². The number of halogens is 2. The van der Waals surface area contributed by atoms with Gasteiger partial charge in [-0.3, -0.25) is 4.79 Å². The Kier molecular flexibility index (Phi) is 4.82. The highest BCUT2D eigenvalue weighted by atomic mass is 127. The average Bonchev–Trinajstić information content (AvgIpc) is 2.49. The van der Waals surface area contributed by atoms with Crippen LogP contribution in [0.2, 0.25) is 0 Å². The third kappa shape index (κ3) is 3.53. The number of Topliss-reactive ketones (excluding diaryl/α,β-unsaturated/α-hetero) is 1. The maximum atomic E-state index is 13.8. The summed E-state index contributed by atoms with van der Waals surface area (Å²) in [5.41, 5.74) is 0.303. The van der Waals surface area contributed by atoms with Gasteiger partial charge in [0.05, 0.1) is 11.3 Å². The van der Waals surface area contributed by atoms with E-state index in [-0.39, 0.29) is 22.8 Å². The van der Waals surface area contributed by atoms with E-state index in [1.807, 2.05) is 28.7 Å². The molecule has 2 rings (SSSR count). The Morgan fingerprint density at radius 3 is 2.81 bits per heavy atom. The van der Waals surface area contributed by atoms with Crippen LogP contribution < -0.4 is 5.32 Å². The Bertz CT molecular complexity index is 743. The molecule has 0 atom stereocenters. The van der Waals surface area contributed by atoms with Gasteiger partial charge in [-0.2, -0.15) is 5.26 Å². The number of ketones is 1. The van der Waals surface area contributed by atoms with Crippen LogP contribution in [-0.4, -0.2) is 22.5 Å². The summed E-state index contributed by atoms with van der Waals surface area (Å²) in [7, 11) is 0. The van der Waals surface area contributed by atoms with Crippen molar-refractivity contribution in [2.75, 3.05) is 11.9 Å². The summed E-state index contributed by atoms with van der Waals surface area (Å²) in [4.78, 5) is 15.6. The number of nitriles is 1. The molecule has 2 aromatic rings. The Labute approximate surface area is 133 Å². The zero-order valence-corrected chi connectivity index (χ0v) is 12.8. The van der Waals surface area contributed by atoms with Gasteiger partial charge in [-0.25, -0.2) is 9.37 Å². The molecule has 5 nitrogen and oxygen atoms in total. The topological polar surface area (TPSA) is 86.0 Å². The number of aliphatic hydroxyl groups is 1. The van der Waals surface area contributed by atoms with Gasteiger partial charge in [-0.1, -0.05) is 0 Å². The van der Waals surface area contributed by atoms with Gasteiger partial charge in [0.1, 0.15) is 30.0 Å². The molecule has 0 unspecified atom stereocenters. The molecule has 1 aromatic carbocycles. The van der Waals surface area contributed by atoms with Gasteiger partial charge in [-0.05, 0) is 52.9 Å². The molecule has 7 heteroatoms. The summed E-state index contributed by atoms with van der Waals surface area (Å²) < 4.78 is 14.6. The average molecular weight is 397 g/mol. The van der Waals surface area contributed by atoms with Crippen LogP contribution in [0.4, 0.5) is 15.9 Å². The molecule has 0 bridgehead atoms. The van der Waals surface area contributed by atoms with Crippen molar-refractivity contribution in [3.05, 3.63) is 51.0 Å². The quantitative estimate of drug-likeness (QED) is 0.612. The summed E-state index contributed by atoms with van der Waals surface area (Å²) in [5, 5.41) is 20.5. The summed E-state index contributed by atoms with van der Waals surface area (Å²) >= 11 is 1.97. The van der Waals surface area contributed by atoms with Crippen molar-refractivity contribution in [1.82, 2.24) is 4.98 Å². The first-order valence-corrected chi connectivity index (χ1v) is 6.90. The van der Waals surface area contributed by atoms with Crippen molar-refractivity contribution >= 4 is 39.9 Å². The Morgan fingerprint density at radius 1 is 1.43 bits per heavy atom. The summed E-state index contributed by atoms with van der Waals surface area (Å²) in [5.74, 6) is -1.04. The van der Waals surface area contributed by atoms with E-state index in [4.69, 9.17) is 10.4 Å². The zero-order valence-electron chi connectivity index (χ0n) is 10.6. The number of nitrogens with one attached hydrogen (secondary N) is 1. The highest BCUT2D eigenvalue weighted by molar-refractivity contribution is 14.1. The molecule has 106 valence electrons. The lowest BCUT2D eigenvalue weighted by atomic mass is 10.1. The van der Waals surface area contributed by atoms with E-state index >= 15 is 0 Å². The van der Waals surface area contributed by atoms with E-state index in [2.05, 4.69) is 10.3 Å². The molecule has 21 heavy (non-hydrogen) atoms. The second-order valence-electron chi connectivity index (χ2n) is 4.03. The number of rotatable bonds is 4. The Balaban J connectivity index is 2.46. The van der Waals surface area contributed by atoms with E-state index in [9.17, 15) is 9.18 Å². The van der Waals surface area contributed by atoms with Crippen LogP contribution >= 0.6 is 22.6 Å². The molecule has 0 aliphatic heterocycles. The van der Waals surface area contributed by atoms with Gasteiger partial charge < -0.3 is 10.4 Å². The molecule has 0 aliphatic carbocycles. The zero-order chi connectivity index (χ0) is 15.4. The molecule has 2 N–H and O–H groups in total. The molecular weight excluding hydrogens is 388 g/mol. The van der Waals surface area contributed by atoms with Crippen molar-refractivity contribution < 1.29 is 14.3 Å². The molecule has 0 saturated carbocycles. The predicted molar refractivity (Wildman–Crippen MR) is 82.8 cm³/mol. The fourth-order valence-corrected chi connectivity index (χ4v) is 2.10. The van der Waals surface area contributed by atoms with Crippen LogP contribution in [0.15, 0.2) is 30.3 Å². The first-order valence-electron chi connectivity index (χ1n) is 5.82. The molecule has 1 aromatic heterocycles. The third-order valence-corrected chi connectivity index (χ3v) is 3.31. The fraction of sp³-hybridized carbons (Fsp3) is 0.0714. The van der Waals surface area contributed by atoms with Crippen LogP contribution in [0.3, 0.4) is 0 Å². The van der Waals surface area contributed by atoms with Gasteiger partial charge in [-0.15, -0.1) is 0 Å². The molecule has 0 spiro atoms. The van der Waals surface area contributed by atoms with Gasteiger partial charge >= 0.3 is 0 Å². The third-order valence-electron chi connectivity index (χ3n) is 2.64. The number of carbonyl (C=O) groups excluding carboxylic acids is 1. The van der Waals surface area contributed by atoms with Crippen molar-refractivity contribution in [3.63, 3.8) is 0 Å². The standard InChI is InChI=1S/C14H9FIN3O2/c15-11-5-8(16)1-4-12(11)19-14-10(13(21)7-20)3-2-9(6-17)18-14/h1-5,20H,7H2,(H,18,19). The minimum Gasteiger partial charge on any atom is -0.388 e. The summed E-state index contributed by atoms with van der Waals surface area (Å²) in [6.45, 7) is -0.697. The smallest absolute Gasteiger partial charge is 0.191 e. The molecule has 1 heterocycles. The van der Waals surface area contributed by atoms with Crippen LogP contribution in [0.5, 0.6) is 0 Å². The summed E-state index contributed by atoms with van der Waals surface area (Å²) in [6.07, 6.45) is 0. The second kappa shape index (κ2) is 6.60. The number of carbonyl (C=O) groups is 1. The lowest BCUT2D eigenvalue weighted by Crippen LogP contribution is -2.10. The lowest BCUT2D eigenvalue weighted by molar-refractivity contribution is 0.0904. The minimum absolute atomic E-state index is 0.0354. The first kappa shape index (κ1) is 15.3. The SMILES string of the molecule is N#Cc1ccc(C(=O)CO)c(Nc2ccc(I)cc2F)n1. The van der Waals surface area contributed by atoms with Gasteiger partial charge in [0.15, 0.2) is 5.78 Å². The molecule has 0 amide bonds. The highest BCUT2D eigenvalue weighted by Crippen LogP contribution is 2.23. The first-order chi connectivity index (χ1) is 10.0. The van der Waals surface area contributed by atoms with Gasteiger partial charge in [0.25, 0.3) is 0 Å². The van der Waals surface area contributed by atoms with Crippen molar-refractivity contribution in [2.24, 2.45) is 0 Å². The number of benzene rings is 1. The largest absolute Gasteiger partial charge is 0.388 e.